The molecule has 0 aromatic heterocycles. The zero-order valence-corrected chi connectivity index (χ0v) is 8.79. The van der Waals surface area contributed by atoms with Gasteiger partial charge in [-0.3, -0.25) is 4.79 Å². The topological polar surface area (TPSA) is 78.4 Å². The molecule has 0 aliphatic rings. The highest BCUT2D eigenvalue weighted by Gasteiger charge is 2.00. The molecule has 0 bridgehead atoms. The van der Waals surface area contributed by atoms with E-state index in [1.54, 1.807) is 0 Å². The van der Waals surface area contributed by atoms with Gasteiger partial charge in [0.25, 0.3) is 0 Å². The molecule has 0 fully saturated rings. The average molecular weight is 214 g/mol. The maximum absolute atomic E-state index is 11.0. The smallest absolute Gasteiger partial charge is 0.314 e. The quantitative estimate of drug-likeness (QED) is 0.418. The molecule has 5 heteroatoms. The number of unbranched alkanes of at least 4 members (excludes halogenated alkanes) is 2. The summed E-state index contributed by atoms with van der Waals surface area (Å²) in [5.74, 6) is -0.915. The van der Waals surface area contributed by atoms with E-state index in [9.17, 15) is 9.59 Å². The number of allylic oxidation sites excluding steroid dienone is 1. The van der Waals surface area contributed by atoms with Crippen LogP contribution in [0.1, 0.15) is 25.7 Å². The van der Waals surface area contributed by atoms with E-state index in [2.05, 4.69) is 17.2 Å². The van der Waals surface area contributed by atoms with Gasteiger partial charge in [-0.1, -0.05) is 6.08 Å². The molecule has 0 radical (unpaired) electrons. The van der Waals surface area contributed by atoms with Crippen LogP contribution in [0.25, 0.3) is 0 Å². The van der Waals surface area contributed by atoms with Crippen molar-refractivity contribution in [2.45, 2.75) is 25.7 Å². The Kier molecular flexibility index (Phi) is 8.13. The number of aliphatic carboxylic acids is 1. The van der Waals surface area contributed by atoms with Crippen LogP contribution in [0.5, 0.6) is 0 Å². The number of carbonyl (C=O) groups excluding carboxylic acids is 1. The maximum atomic E-state index is 11.0. The monoisotopic (exact) mass is 214 g/mol. The van der Waals surface area contributed by atoms with Crippen LogP contribution in [0.2, 0.25) is 0 Å². The number of carboxylic acid groups (broad SMARTS) is 1. The lowest BCUT2D eigenvalue weighted by Gasteiger charge is -2.05. The van der Waals surface area contributed by atoms with Crippen molar-refractivity contribution in [3.8, 4) is 0 Å². The van der Waals surface area contributed by atoms with Crippen molar-refractivity contribution >= 4 is 12.0 Å². The second-order valence-corrected chi connectivity index (χ2v) is 3.11. The molecular weight excluding hydrogens is 196 g/mol. The van der Waals surface area contributed by atoms with Crippen LogP contribution >= 0.6 is 0 Å². The van der Waals surface area contributed by atoms with Crippen LogP contribution in [0.15, 0.2) is 12.7 Å². The van der Waals surface area contributed by atoms with Crippen molar-refractivity contribution < 1.29 is 14.7 Å². The van der Waals surface area contributed by atoms with Gasteiger partial charge in [-0.05, 0) is 19.3 Å². The van der Waals surface area contributed by atoms with Gasteiger partial charge in [-0.2, -0.15) is 0 Å². The summed E-state index contributed by atoms with van der Waals surface area (Å²) in [5.41, 5.74) is 0. The molecule has 15 heavy (non-hydrogen) atoms. The van der Waals surface area contributed by atoms with Gasteiger partial charge in [-0.25, -0.2) is 4.79 Å². The molecule has 0 saturated heterocycles. The van der Waals surface area contributed by atoms with Gasteiger partial charge in [0.1, 0.15) is 0 Å². The zero-order chi connectivity index (χ0) is 11.5. The Labute approximate surface area is 89.6 Å². The first-order chi connectivity index (χ1) is 7.16. The van der Waals surface area contributed by atoms with Gasteiger partial charge in [0, 0.05) is 13.1 Å². The number of carboxylic acids is 1. The fourth-order valence-corrected chi connectivity index (χ4v) is 0.961. The van der Waals surface area contributed by atoms with Gasteiger partial charge in [-0.15, -0.1) is 6.58 Å². The summed E-state index contributed by atoms with van der Waals surface area (Å²) < 4.78 is 0. The number of amides is 2. The van der Waals surface area contributed by atoms with E-state index in [-0.39, 0.29) is 19.0 Å². The molecule has 0 aliphatic carbocycles. The van der Waals surface area contributed by atoms with Crippen LogP contribution in [-0.2, 0) is 4.79 Å². The maximum Gasteiger partial charge on any atom is 0.314 e. The fraction of sp³-hybridized carbons (Fsp3) is 0.600. The van der Waals surface area contributed by atoms with Crippen molar-refractivity contribution in [1.82, 2.24) is 10.6 Å². The lowest BCUT2D eigenvalue weighted by atomic mass is 10.2. The Bertz CT molecular complexity index is 217. The molecule has 0 atom stereocenters. The van der Waals surface area contributed by atoms with Gasteiger partial charge < -0.3 is 15.7 Å². The predicted molar refractivity (Wildman–Crippen MR) is 57.7 cm³/mol. The highest BCUT2D eigenvalue weighted by Crippen LogP contribution is 1.93. The van der Waals surface area contributed by atoms with E-state index >= 15 is 0 Å². The SMILES string of the molecule is C=CCCCCNC(=O)NCCC(=O)O. The van der Waals surface area contributed by atoms with Crippen LogP contribution < -0.4 is 10.6 Å². The molecule has 5 nitrogen and oxygen atoms in total. The van der Waals surface area contributed by atoms with Crippen molar-refractivity contribution in [1.29, 1.82) is 0 Å². The minimum atomic E-state index is -0.915. The molecule has 0 heterocycles. The van der Waals surface area contributed by atoms with Gasteiger partial charge in [0.05, 0.1) is 6.42 Å². The third-order valence-electron chi connectivity index (χ3n) is 1.75. The average Bonchev–Trinajstić information content (AvgIpc) is 2.17. The van der Waals surface area contributed by atoms with E-state index < -0.39 is 5.97 Å². The Morgan fingerprint density at radius 3 is 2.47 bits per heavy atom. The van der Waals surface area contributed by atoms with E-state index in [0.717, 1.165) is 19.3 Å². The lowest BCUT2D eigenvalue weighted by Crippen LogP contribution is -2.37. The summed E-state index contributed by atoms with van der Waals surface area (Å²) in [6.07, 6.45) is 4.64. The van der Waals surface area contributed by atoms with Crippen molar-refractivity contribution in [2.24, 2.45) is 0 Å². The van der Waals surface area contributed by atoms with Crippen molar-refractivity contribution in [3.05, 3.63) is 12.7 Å². The van der Waals surface area contributed by atoms with E-state index in [1.165, 1.54) is 0 Å². The van der Waals surface area contributed by atoms with Crippen LogP contribution in [0.4, 0.5) is 4.79 Å². The molecule has 0 unspecified atom stereocenters. The lowest BCUT2D eigenvalue weighted by molar-refractivity contribution is -0.136. The first-order valence-electron chi connectivity index (χ1n) is 5.01. The second-order valence-electron chi connectivity index (χ2n) is 3.11. The molecule has 0 aromatic carbocycles. The number of hydrogen-bond acceptors (Lipinski definition) is 2. The molecule has 3 N–H and O–H groups in total. The second kappa shape index (κ2) is 9.05. The zero-order valence-electron chi connectivity index (χ0n) is 8.79. The van der Waals surface area contributed by atoms with Crippen LogP contribution in [0, 0.1) is 0 Å². The summed E-state index contributed by atoms with van der Waals surface area (Å²) in [5, 5.41) is 13.4. The van der Waals surface area contributed by atoms with E-state index in [4.69, 9.17) is 5.11 Å². The van der Waals surface area contributed by atoms with Gasteiger partial charge in [0.2, 0.25) is 0 Å². The number of hydrogen-bond donors (Lipinski definition) is 3. The highest BCUT2D eigenvalue weighted by molar-refractivity contribution is 5.74. The van der Waals surface area contributed by atoms with Gasteiger partial charge in [0.15, 0.2) is 0 Å². The van der Waals surface area contributed by atoms with Crippen LogP contribution in [0.3, 0.4) is 0 Å². The third kappa shape index (κ3) is 10.4. The Balaban J connectivity index is 3.25. The van der Waals surface area contributed by atoms with Gasteiger partial charge >= 0.3 is 12.0 Å². The summed E-state index contributed by atoms with van der Waals surface area (Å²) >= 11 is 0. The summed E-state index contributed by atoms with van der Waals surface area (Å²) in [4.78, 5) is 21.2. The molecule has 86 valence electrons. The molecule has 0 aromatic rings. The molecule has 0 rings (SSSR count). The molecule has 2 amide bonds. The Morgan fingerprint density at radius 1 is 1.20 bits per heavy atom. The Morgan fingerprint density at radius 2 is 1.87 bits per heavy atom. The first-order valence-corrected chi connectivity index (χ1v) is 5.01. The predicted octanol–water partition coefficient (Wildman–Crippen LogP) is 1.12. The molecular formula is C10H18N2O3. The molecule has 0 spiro atoms. The number of urea groups is 1. The molecule has 0 aliphatic heterocycles. The van der Waals surface area contributed by atoms with Crippen molar-refractivity contribution in [3.63, 3.8) is 0 Å². The largest absolute Gasteiger partial charge is 0.481 e. The Hall–Kier alpha value is -1.52. The summed E-state index contributed by atoms with van der Waals surface area (Å²) in [6.45, 7) is 4.36. The summed E-state index contributed by atoms with van der Waals surface area (Å²) in [7, 11) is 0. The number of carbonyl (C=O) groups is 2. The van der Waals surface area contributed by atoms with Crippen molar-refractivity contribution in [2.75, 3.05) is 13.1 Å². The minimum absolute atomic E-state index is 0.0517. The fourth-order valence-electron chi connectivity index (χ4n) is 0.961. The van der Waals surface area contributed by atoms with E-state index in [1.807, 2.05) is 6.08 Å². The minimum Gasteiger partial charge on any atom is -0.481 e. The normalized spacial score (nSPS) is 9.33. The number of rotatable bonds is 8. The third-order valence-corrected chi connectivity index (χ3v) is 1.75. The molecule has 0 saturated carbocycles. The summed E-state index contributed by atoms with van der Waals surface area (Å²) in [6, 6.07) is -0.310. The number of nitrogens with one attached hydrogen (secondary N) is 2. The van der Waals surface area contributed by atoms with E-state index in [0.29, 0.717) is 6.54 Å². The first kappa shape index (κ1) is 13.5. The van der Waals surface area contributed by atoms with Crippen LogP contribution in [-0.4, -0.2) is 30.2 Å². The highest BCUT2D eigenvalue weighted by atomic mass is 16.4. The standard InChI is InChI=1S/C10H18N2O3/c1-2-3-4-5-7-11-10(15)12-8-6-9(13)14/h2H,1,3-8H2,(H,13,14)(H2,11,12,15).